The zero-order valence-corrected chi connectivity index (χ0v) is 13.2. The van der Waals surface area contributed by atoms with Crippen molar-refractivity contribution < 1.29 is 8.42 Å². The Hall–Kier alpha value is -0.620. The van der Waals surface area contributed by atoms with Crippen molar-refractivity contribution in [2.75, 3.05) is 25.1 Å². The molecule has 0 amide bonds. The summed E-state index contributed by atoms with van der Waals surface area (Å²) in [5.74, 6) is 0.588. The molecule has 2 atom stereocenters. The molecular formula is C14H21ClN2O2S. The smallest absolute Gasteiger partial charge is 0.151 e. The van der Waals surface area contributed by atoms with Crippen molar-refractivity contribution in [2.45, 2.75) is 24.9 Å². The van der Waals surface area contributed by atoms with E-state index in [0.29, 0.717) is 10.8 Å². The molecule has 0 aliphatic carbocycles. The number of rotatable bonds is 5. The highest BCUT2D eigenvalue weighted by atomic mass is 35.5. The summed E-state index contributed by atoms with van der Waals surface area (Å²) in [6, 6.07) is 7.64. The lowest BCUT2D eigenvalue weighted by Crippen LogP contribution is -2.34. The summed E-state index contributed by atoms with van der Waals surface area (Å²) in [5, 5.41) is 0.703. The molecule has 0 spiro atoms. The molecule has 1 aliphatic rings. The molecule has 4 nitrogen and oxygen atoms in total. The summed E-state index contributed by atoms with van der Waals surface area (Å²) >= 11 is 5.85. The molecule has 2 rings (SSSR count). The van der Waals surface area contributed by atoms with Gasteiger partial charge in [-0.1, -0.05) is 23.7 Å². The third-order valence-electron chi connectivity index (χ3n) is 3.92. The minimum atomic E-state index is -2.82. The highest BCUT2D eigenvalue weighted by molar-refractivity contribution is 7.91. The highest BCUT2D eigenvalue weighted by Crippen LogP contribution is 2.20. The zero-order chi connectivity index (χ0) is 14.8. The average molecular weight is 317 g/mol. The lowest BCUT2D eigenvalue weighted by molar-refractivity contribution is 0.252. The molecule has 1 saturated heterocycles. The molecule has 1 aromatic rings. The van der Waals surface area contributed by atoms with Gasteiger partial charge >= 0.3 is 0 Å². The Morgan fingerprint density at radius 1 is 1.40 bits per heavy atom. The van der Waals surface area contributed by atoms with Crippen LogP contribution in [-0.4, -0.2) is 44.5 Å². The van der Waals surface area contributed by atoms with Crippen LogP contribution in [0.4, 0.5) is 0 Å². The number of hydrogen-bond acceptors (Lipinski definition) is 4. The first-order valence-electron chi connectivity index (χ1n) is 6.79. The van der Waals surface area contributed by atoms with Crippen LogP contribution in [0.3, 0.4) is 0 Å². The van der Waals surface area contributed by atoms with E-state index in [1.165, 1.54) is 0 Å². The monoisotopic (exact) mass is 316 g/mol. The van der Waals surface area contributed by atoms with E-state index in [0.717, 1.165) is 24.9 Å². The van der Waals surface area contributed by atoms with Crippen LogP contribution >= 0.6 is 11.6 Å². The fraction of sp³-hybridized carbons (Fsp3) is 0.571. The average Bonchev–Trinajstić information content (AvgIpc) is 2.77. The molecular weight excluding hydrogens is 296 g/mol. The van der Waals surface area contributed by atoms with Crippen LogP contribution < -0.4 is 5.73 Å². The third kappa shape index (κ3) is 4.19. The highest BCUT2D eigenvalue weighted by Gasteiger charge is 2.30. The normalized spacial score (nSPS) is 23.1. The first-order valence-corrected chi connectivity index (χ1v) is 8.99. The SMILES string of the molecule is CN(CCC(N)c1ccc(Cl)cc1)C1CCS(=O)(=O)C1. The van der Waals surface area contributed by atoms with Gasteiger partial charge in [0.25, 0.3) is 0 Å². The molecule has 0 bridgehead atoms. The summed E-state index contributed by atoms with van der Waals surface area (Å²) in [6.07, 6.45) is 1.53. The molecule has 2 N–H and O–H groups in total. The second-order valence-corrected chi connectivity index (χ2v) is 8.15. The lowest BCUT2D eigenvalue weighted by atomic mass is 10.0. The maximum Gasteiger partial charge on any atom is 0.151 e. The van der Waals surface area contributed by atoms with Gasteiger partial charge < -0.3 is 10.6 Å². The molecule has 1 aliphatic heterocycles. The maximum absolute atomic E-state index is 11.5. The van der Waals surface area contributed by atoms with Gasteiger partial charge in [-0.2, -0.15) is 0 Å². The minimum absolute atomic E-state index is 0.0484. The predicted molar refractivity (Wildman–Crippen MR) is 82.7 cm³/mol. The first-order chi connectivity index (χ1) is 9.37. The summed E-state index contributed by atoms with van der Waals surface area (Å²) in [7, 11) is -0.851. The van der Waals surface area contributed by atoms with Gasteiger partial charge in [0.15, 0.2) is 9.84 Å². The van der Waals surface area contributed by atoms with E-state index in [-0.39, 0.29) is 17.8 Å². The molecule has 2 unspecified atom stereocenters. The van der Waals surface area contributed by atoms with Gasteiger partial charge in [-0.05, 0) is 44.1 Å². The van der Waals surface area contributed by atoms with Crippen molar-refractivity contribution in [3.8, 4) is 0 Å². The van der Waals surface area contributed by atoms with Gasteiger partial charge in [-0.3, -0.25) is 0 Å². The number of sulfone groups is 1. The topological polar surface area (TPSA) is 63.4 Å². The van der Waals surface area contributed by atoms with E-state index in [9.17, 15) is 8.42 Å². The number of hydrogen-bond donors (Lipinski definition) is 1. The molecule has 6 heteroatoms. The van der Waals surface area contributed by atoms with E-state index in [1.807, 2.05) is 31.3 Å². The van der Waals surface area contributed by atoms with E-state index in [1.54, 1.807) is 0 Å². The molecule has 0 aromatic heterocycles. The van der Waals surface area contributed by atoms with E-state index in [2.05, 4.69) is 4.90 Å². The maximum atomic E-state index is 11.5. The van der Waals surface area contributed by atoms with E-state index < -0.39 is 9.84 Å². The van der Waals surface area contributed by atoms with Gasteiger partial charge in [0.2, 0.25) is 0 Å². The van der Waals surface area contributed by atoms with Crippen LogP contribution in [0.5, 0.6) is 0 Å². The Morgan fingerprint density at radius 3 is 2.60 bits per heavy atom. The van der Waals surface area contributed by atoms with Gasteiger partial charge in [0.1, 0.15) is 0 Å². The first kappa shape index (κ1) is 15.8. The number of nitrogens with zero attached hydrogens (tertiary/aromatic N) is 1. The van der Waals surface area contributed by atoms with Crippen molar-refractivity contribution >= 4 is 21.4 Å². The third-order valence-corrected chi connectivity index (χ3v) is 5.93. The second kappa shape index (κ2) is 6.43. The fourth-order valence-electron chi connectivity index (χ4n) is 2.52. The second-order valence-electron chi connectivity index (χ2n) is 5.48. The Bertz CT molecular complexity index is 545. The fourth-order valence-corrected chi connectivity index (χ4v) is 4.46. The Balaban J connectivity index is 1.84. The number of halogens is 1. The predicted octanol–water partition coefficient (Wildman–Crippen LogP) is 1.85. The van der Waals surface area contributed by atoms with Crippen LogP contribution in [-0.2, 0) is 9.84 Å². The van der Waals surface area contributed by atoms with Gasteiger partial charge in [-0.25, -0.2) is 8.42 Å². The van der Waals surface area contributed by atoms with E-state index >= 15 is 0 Å². The van der Waals surface area contributed by atoms with Crippen LogP contribution in [0.25, 0.3) is 0 Å². The molecule has 0 saturated carbocycles. The number of benzene rings is 1. The molecule has 1 fully saturated rings. The van der Waals surface area contributed by atoms with Crippen molar-refractivity contribution in [3.05, 3.63) is 34.9 Å². The Morgan fingerprint density at radius 2 is 2.05 bits per heavy atom. The van der Waals surface area contributed by atoms with Gasteiger partial charge in [-0.15, -0.1) is 0 Å². The molecule has 112 valence electrons. The standard InChI is InChI=1S/C14H21ClN2O2S/c1-17(13-7-9-20(18,19)10-13)8-6-14(16)11-2-4-12(15)5-3-11/h2-5,13-14H,6-10,16H2,1H3. The van der Waals surface area contributed by atoms with Crippen LogP contribution in [0.15, 0.2) is 24.3 Å². The Kier molecular flexibility index (Phi) is 5.07. The largest absolute Gasteiger partial charge is 0.324 e. The lowest BCUT2D eigenvalue weighted by Gasteiger charge is -2.24. The quantitative estimate of drug-likeness (QED) is 0.900. The van der Waals surface area contributed by atoms with Gasteiger partial charge in [0, 0.05) is 17.1 Å². The minimum Gasteiger partial charge on any atom is -0.324 e. The summed E-state index contributed by atoms with van der Waals surface area (Å²) in [4.78, 5) is 2.11. The van der Waals surface area contributed by atoms with Crippen LogP contribution in [0, 0.1) is 0 Å². The summed E-state index contributed by atoms with van der Waals surface area (Å²) in [5.41, 5.74) is 7.21. The summed E-state index contributed by atoms with van der Waals surface area (Å²) < 4.78 is 22.9. The van der Waals surface area contributed by atoms with Crippen LogP contribution in [0.2, 0.25) is 5.02 Å². The van der Waals surface area contributed by atoms with Crippen molar-refractivity contribution in [1.82, 2.24) is 4.90 Å². The molecule has 0 radical (unpaired) electrons. The summed E-state index contributed by atoms with van der Waals surface area (Å²) in [6.45, 7) is 0.796. The van der Waals surface area contributed by atoms with Crippen molar-refractivity contribution in [3.63, 3.8) is 0 Å². The van der Waals surface area contributed by atoms with E-state index in [4.69, 9.17) is 17.3 Å². The number of nitrogens with two attached hydrogens (primary N) is 1. The molecule has 1 heterocycles. The molecule has 20 heavy (non-hydrogen) atoms. The van der Waals surface area contributed by atoms with Crippen molar-refractivity contribution in [1.29, 1.82) is 0 Å². The van der Waals surface area contributed by atoms with Crippen molar-refractivity contribution in [2.24, 2.45) is 5.73 Å². The van der Waals surface area contributed by atoms with Gasteiger partial charge in [0.05, 0.1) is 11.5 Å². The molecule has 1 aromatic carbocycles. The van der Waals surface area contributed by atoms with Crippen LogP contribution in [0.1, 0.15) is 24.4 Å². The Labute approximate surface area is 125 Å². The zero-order valence-electron chi connectivity index (χ0n) is 11.6.